The van der Waals surface area contributed by atoms with Crippen LogP contribution in [0.2, 0.25) is 0 Å². The van der Waals surface area contributed by atoms with Crippen LogP contribution in [0.5, 0.6) is 5.75 Å². The van der Waals surface area contributed by atoms with E-state index in [0.717, 1.165) is 11.1 Å². The zero-order chi connectivity index (χ0) is 23.0. The number of hydrogen-bond acceptors (Lipinski definition) is 5. The van der Waals surface area contributed by atoms with Crippen LogP contribution in [0.3, 0.4) is 0 Å². The summed E-state index contributed by atoms with van der Waals surface area (Å²) in [6, 6.07) is 11.3. The number of amides is 2. The minimum atomic E-state index is -0.882. The summed E-state index contributed by atoms with van der Waals surface area (Å²) in [7, 11) is 0. The smallest absolute Gasteiger partial charge is 0.329 e. The highest BCUT2D eigenvalue weighted by Gasteiger charge is 2.27. The van der Waals surface area contributed by atoms with E-state index in [2.05, 4.69) is 10.6 Å². The van der Waals surface area contributed by atoms with Gasteiger partial charge in [0.25, 0.3) is 11.8 Å². The van der Waals surface area contributed by atoms with Crippen LogP contribution < -0.4 is 15.4 Å². The maximum atomic E-state index is 12.5. The molecule has 0 aromatic heterocycles. The first-order chi connectivity index (χ1) is 14.7. The Morgan fingerprint density at radius 2 is 1.68 bits per heavy atom. The van der Waals surface area contributed by atoms with Gasteiger partial charge in [-0.3, -0.25) is 9.59 Å². The second-order valence-electron chi connectivity index (χ2n) is 7.56. The number of aryl methyl sites for hydroxylation is 1. The second kappa shape index (κ2) is 11.2. The van der Waals surface area contributed by atoms with Gasteiger partial charge in [-0.1, -0.05) is 26.0 Å². The third kappa shape index (κ3) is 6.84. The molecule has 7 nitrogen and oxygen atoms in total. The Morgan fingerprint density at radius 3 is 2.29 bits per heavy atom. The summed E-state index contributed by atoms with van der Waals surface area (Å²) in [6.07, 6.45) is 0. The van der Waals surface area contributed by atoms with Gasteiger partial charge >= 0.3 is 5.97 Å². The van der Waals surface area contributed by atoms with Crippen LogP contribution in [0.1, 0.15) is 42.3 Å². The molecular weight excluding hydrogens is 396 g/mol. The topological polar surface area (TPSA) is 93.7 Å². The number of benzene rings is 2. The molecule has 2 aromatic carbocycles. The van der Waals surface area contributed by atoms with Gasteiger partial charge in [0.15, 0.2) is 6.61 Å². The molecule has 0 aliphatic heterocycles. The third-order valence-electron chi connectivity index (χ3n) is 4.86. The summed E-state index contributed by atoms with van der Waals surface area (Å²) in [5, 5.41) is 5.43. The molecule has 0 aliphatic carbocycles. The number of hydrogen-bond donors (Lipinski definition) is 2. The second-order valence-corrected chi connectivity index (χ2v) is 7.56. The summed E-state index contributed by atoms with van der Waals surface area (Å²) in [5.74, 6) is -1.07. The predicted octanol–water partition coefficient (Wildman–Crippen LogP) is 3.64. The molecule has 0 spiro atoms. The van der Waals surface area contributed by atoms with Crippen molar-refractivity contribution in [2.24, 2.45) is 5.92 Å². The highest BCUT2D eigenvalue weighted by molar-refractivity contribution is 5.97. The van der Waals surface area contributed by atoms with Crippen molar-refractivity contribution >= 4 is 23.5 Å². The number of anilines is 1. The third-order valence-corrected chi connectivity index (χ3v) is 4.86. The summed E-state index contributed by atoms with van der Waals surface area (Å²) < 4.78 is 10.5. The van der Waals surface area contributed by atoms with E-state index in [1.807, 2.05) is 32.9 Å². The van der Waals surface area contributed by atoms with E-state index in [1.165, 1.54) is 0 Å². The average molecular weight is 427 g/mol. The lowest BCUT2D eigenvalue weighted by Crippen LogP contribution is -2.45. The lowest BCUT2D eigenvalue weighted by atomic mass is 10.0. The van der Waals surface area contributed by atoms with Gasteiger partial charge in [-0.2, -0.15) is 0 Å². The van der Waals surface area contributed by atoms with Crippen LogP contribution in [0.25, 0.3) is 0 Å². The van der Waals surface area contributed by atoms with Crippen molar-refractivity contribution in [2.75, 3.05) is 18.5 Å². The highest BCUT2D eigenvalue weighted by atomic mass is 16.5. The van der Waals surface area contributed by atoms with E-state index in [9.17, 15) is 14.4 Å². The van der Waals surface area contributed by atoms with E-state index in [-0.39, 0.29) is 5.92 Å². The molecule has 0 heterocycles. The molecule has 0 aliphatic rings. The van der Waals surface area contributed by atoms with Crippen LogP contribution in [0, 0.1) is 19.8 Å². The van der Waals surface area contributed by atoms with E-state index in [1.54, 1.807) is 44.2 Å². The molecule has 2 rings (SSSR count). The fourth-order valence-corrected chi connectivity index (χ4v) is 2.89. The van der Waals surface area contributed by atoms with E-state index < -0.39 is 30.4 Å². The molecule has 1 unspecified atom stereocenters. The van der Waals surface area contributed by atoms with Gasteiger partial charge in [0, 0.05) is 11.3 Å². The summed E-state index contributed by atoms with van der Waals surface area (Å²) >= 11 is 0. The number of nitrogens with one attached hydrogen (secondary N) is 2. The number of esters is 1. The molecule has 0 radical (unpaired) electrons. The minimum absolute atomic E-state index is 0.221. The molecular formula is C24H30N2O5. The van der Waals surface area contributed by atoms with E-state index >= 15 is 0 Å². The molecule has 2 amide bonds. The number of rotatable bonds is 9. The van der Waals surface area contributed by atoms with Crippen LogP contribution in [-0.4, -0.2) is 37.0 Å². The Labute approximate surface area is 183 Å². The van der Waals surface area contributed by atoms with Gasteiger partial charge < -0.3 is 20.1 Å². The Kier molecular flexibility index (Phi) is 8.61. The molecule has 0 fully saturated rings. The van der Waals surface area contributed by atoms with Crippen molar-refractivity contribution in [3.05, 3.63) is 59.2 Å². The van der Waals surface area contributed by atoms with Gasteiger partial charge in [0.2, 0.25) is 0 Å². The molecule has 2 aromatic rings. The predicted molar refractivity (Wildman–Crippen MR) is 119 cm³/mol. The van der Waals surface area contributed by atoms with Crippen LogP contribution in [0.4, 0.5) is 5.69 Å². The zero-order valence-electron chi connectivity index (χ0n) is 18.7. The molecule has 31 heavy (non-hydrogen) atoms. The van der Waals surface area contributed by atoms with Gasteiger partial charge in [-0.25, -0.2) is 4.79 Å². The average Bonchev–Trinajstić information content (AvgIpc) is 2.74. The van der Waals surface area contributed by atoms with Crippen LogP contribution in [-0.2, 0) is 14.3 Å². The number of carbonyl (C=O) groups is 3. The fourth-order valence-electron chi connectivity index (χ4n) is 2.89. The molecule has 0 saturated heterocycles. The first-order valence-corrected chi connectivity index (χ1v) is 10.3. The largest absolute Gasteiger partial charge is 0.494 e. The Morgan fingerprint density at radius 1 is 1.00 bits per heavy atom. The molecule has 2 N–H and O–H groups in total. The Balaban J connectivity index is 1.94. The SMILES string of the molecule is CCOc1ccc(C(=O)NC(C(=O)OCC(=O)Nc2cccc(C)c2C)C(C)C)cc1. The molecule has 1 atom stereocenters. The maximum absolute atomic E-state index is 12.5. The monoisotopic (exact) mass is 426 g/mol. The molecule has 7 heteroatoms. The number of carbonyl (C=O) groups excluding carboxylic acids is 3. The summed E-state index contributed by atoms with van der Waals surface area (Å²) in [5.41, 5.74) is 3.07. The highest BCUT2D eigenvalue weighted by Crippen LogP contribution is 2.18. The summed E-state index contributed by atoms with van der Waals surface area (Å²) in [6.45, 7) is 9.41. The number of ether oxygens (including phenoxy) is 2. The van der Waals surface area contributed by atoms with Gasteiger partial charge in [0.1, 0.15) is 11.8 Å². The van der Waals surface area contributed by atoms with Crippen molar-refractivity contribution in [2.45, 2.75) is 40.7 Å². The van der Waals surface area contributed by atoms with Gasteiger partial charge in [-0.15, -0.1) is 0 Å². The fraction of sp³-hybridized carbons (Fsp3) is 0.375. The summed E-state index contributed by atoms with van der Waals surface area (Å²) in [4.78, 5) is 37.3. The van der Waals surface area contributed by atoms with Crippen LogP contribution >= 0.6 is 0 Å². The first-order valence-electron chi connectivity index (χ1n) is 10.3. The van der Waals surface area contributed by atoms with Crippen molar-refractivity contribution in [3.63, 3.8) is 0 Å². The first kappa shape index (κ1) is 23.9. The van der Waals surface area contributed by atoms with Crippen molar-refractivity contribution in [1.29, 1.82) is 0 Å². The Bertz CT molecular complexity index is 922. The lowest BCUT2D eigenvalue weighted by molar-refractivity contribution is -0.150. The van der Waals surface area contributed by atoms with Crippen molar-refractivity contribution in [1.82, 2.24) is 5.32 Å². The molecule has 166 valence electrons. The van der Waals surface area contributed by atoms with Gasteiger partial charge in [-0.05, 0) is 68.1 Å². The zero-order valence-corrected chi connectivity index (χ0v) is 18.7. The molecule has 0 saturated carbocycles. The van der Waals surface area contributed by atoms with Crippen LogP contribution in [0.15, 0.2) is 42.5 Å². The quantitative estimate of drug-likeness (QED) is 0.597. The van der Waals surface area contributed by atoms with Gasteiger partial charge in [0.05, 0.1) is 6.61 Å². The van der Waals surface area contributed by atoms with E-state index in [0.29, 0.717) is 23.6 Å². The standard InChI is InChI=1S/C24H30N2O5/c1-6-30-19-12-10-18(11-13-19)23(28)26-22(15(2)3)24(29)31-14-21(27)25-20-9-7-8-16(4)17(20)5/h7-13,15,22H,6,14H2,1-5H3,(H,25,27)(H,26,28). The van der Waals surface area contributed by atoms with E-state index in [4.69, 9.17) is 9.47 Å². The van der Waals surface area contributed by atoms with Crippen molar-refractivity contribution < 1.29 is 23.9 Å². The minimum Gasteiger partial charge on any atom is -0.494 e. The lowest BCUT2D eigenvalue weighted by Gasteiger charge is -2.21. The maximum Gasteiger partial charge on any atom is 0.329 e. The van der Waals surface area contributed by atoms with Crippen molar-refractivity contribution in [3.8, 4) is 5.75 Å². The Hall–Kier alpha value is -3.35. The molecule has 0 bridgehead atoms. The normalized spacial score (nSPS) is 11.5.